The fraction of sp³-hybridized carbons (Fsp3) is 0.889. The summed E-state index contributed by atoms with van der Waals surface area (Å²) in [6.07, 6.45) is 13.9. The smallest absolute Gasteiger partial charge is 0.192 e. The molecular weight excluding hydrogens is 260 g/mol. The molecule has 0 aromatic rings. The highest BCUT2D eigenvalue weighted by Gasteiger charge is 2.53. The lowest BCUT2D eigenvalue weighted by molar-refractivity contribution is -0.0657. The molecule has 20 heavy (non-hydrogen) atoms. The predicted octanol–water partition coefficient (Wildman–Crippen LogP) is 5.53. The van der Waals surface area contributed by atoms with Crippen LogP contribution in [0.3, 0.4) is 0 Å². The van der Waals surface area contributed by atoms with Crippen LogP contribution in [0.1, 0.15) is 59.3 Å². The van der Waals surface area contributed by atoms with Gasteiger partial charge in [-0.2, -0.15) is 0 Å². The molecular formula is C18H32OSi. The van der Waals surface area contributed by atoms with Crippen molar-refractivity contribution < 1.29 is 4.43 Å². The Kier molecular flexibility index (Phi) is 3.49. The van der Waals surface area contributed by atoms with E-state index in [4.69, 9.17) is 4.43 Å². The van der Waals surface area contributed by atoms with E-state index < -0.39 is 8.32 Å². The molecule has 2 bridgehead atoms. The summed E-state index contributed by atoms with van der Waals surface area (Å²) in [5, 5.41) is 0.336. The van der Waals surface area contributed by atoms with E-state index in [-0.39, 0.29) is 0 Å². The third-order valence-corrected chi connectivity index (χ3v) is 11.4. The summed E-state index contributed by atoms with van der Waals surface area (Å²) in [6.45, 7) is 11.9. The molecule has 3 saturated carbocycles. The molecule has 0 radical (unpaired) electrons. The van der Waals surface area contributed by atoms with Gasteiger partial charge in [-0.3, -0.25) is 0 Å². The third kappa shape index (κ3) is 2.33. The lowest BCUT2D eigenvalue weighted by Crippen LogP contribution is -2.54. The topological polar surface area (TPSA) is 9.23 Å². The van der Waals surface area contributed by atoms with E-state index in [0.29, 0.717) is 16.6 Å². The summed E-state index contributed by atoms with van der Waals surface area (Å²) < 4.78 is 6.83. The summed E-state index contributed by atoms with van der Waals surface area (Å²) >= 11 is 0. The maximum atomic E-state index is 6.83. The molecule has 4 aliphatic carbocycles. The Labute approximate surface area is 126 Å². The minimum absolute atomic E-state index is 0.336. The Morgan fingerprint density at radius 1 is 1.20 bits per heavy atom. The molecule has 4 aliphatic rings. The van der Waals surface area contributed by atoms with Crippen molar-refractivity contribution in [3.8, 4) is 0 Å². The zero-order valence-corrected chi connectivity index (χ0v) is 15.0. The highest BCUT2D eigenvalue weighted by atomic mass is 28.4. The fourth-order valence-electron chi connectivity index (χ4n) is 4.53. The predicted molar refractivity (Wildman–Crippen MR) is 88.3 cm³/mol. The Balaban J connectivity index is 1.78. The Bertz CT molecular complexity index is 406. The summed E-state index contributed by atoms with van der Waals surface area (Å²) in [5.41, 5.74) is 0.514. The van der Waals surface area contributed by atoms with E-state index >= 15 is 0 Å². The molecule has 114 valence electrons. The van der Waals surface area contributed by atoms with Crippen LogP contribution in [-0.4, -0.2) is 14.4 Å². The van der Waals surface area contributed by atoms with Crippen molar-refractivity contribution in [2.75, 3.05) is 0 Å². The standard InChI is InChI=1S/C18H32OSi/c1-17(2,3)20(4,5)19-16-13-18-10-7-6-8-15(18)12-14(16)9-11-18/h7,10,14-16H,6,8-9,11-13H2,1-5H3/t14-,15?,16?,18-/m0/s1. The average Bonchev–Trinajstić information content (AvgIpc) is 2.36. The van der Waals surface area contributed by atoms with Crippen molar-refractivity contribution in [1.29, 1.82) is 0 Å². The highest BCUT2D eigenvalue weighted by molar-refractivity contribution is 6.74. The van der Waals surface area contributed by atoms with Gasteiger partial charge in [0.2, 0.25) is 0 Å². The summed E-state index contributed by atoms with van der Waals surface area (Å²) in [7, 11) is -1.61. The van der Waals surface area contributed by atoms with Gasteiger partial charge in [0, 0.05) is 6.10 Å². The lowest BCUT2D eigenvalue weighted by atomic mass is 9.52. The summed E-state index contributed by atoms with van der Waals surface area (Å²) in [5.74, 6) is 1.81. The Hall–Kier alpha value is -0.0831. The minimum atomic E-state index is -1.61. The molecule has 0 saturated heterocycles. The molecule has 3 fully saturated rings. The van der Waals surface area contributed by atoms with Crippen LogP contribution >= 0.6 is 0 Å². The van der Waals surface area contributed by atoms with Gasteiger partial charge in [0.05, 0.1) is 0 Å². The van der Waals surface area contributed by atoms with E-state index in [1.807, 2.05) is 0 Å². The third-order valence-electron chi connectivity index (χ3n) is 6.87. The first-order valence-corrected chi connectivity index (χ1v) is 11.5. The van der Waals surface area contributed by atoms with E-state index in [1.165, 1.54) is 38.5 Å². The van der Waals surface area contributed by atoms with Gasteiger partial charge in [0.25, 0.3) is 0 Å². The van der Waals surface area contributed by atoms with Crippen molar-refractivity contribution in [2.45, 2.75) is 83.5 Å². The second-order valence-electron chi connectivity index (χ2n) is 9.07. The molecule has 0 N–H and O–H groups in total. The molecule has 2 unspecified atom stereocenters. The van der Waals surface area contributed by atoms with Gasteiger partial charge in [-0.25, -0.2) is 0 Å². The quantitative estimate of drug-likeness (QED) is 0.480. The number of hydrogen-bond donors (Lipinski definition) is 0. The van der Waals surface area contributed by atoms with Crippen molar-refractivity contribution in [2.24, 2.45) is 17.3 Å². The van der Waals surface area contributed by atoms with Crippen LogP contribution in [0.2, 0.25) is 18.1 Å². The first-order chi connectivity index (χ1) is 9.24. The molecule has 0 aromatic heterocycles. The van der Waals surface area contributed by atoms with Gasteiger partial charge in [-0.05, 0) is 73.9 Å². The number of rotatable bonds is 2. The summed E-state index contributed by atoms with van der Waals surface area (Å²) in [6, 6.07) is 0. The van der Waals surface area contributed by atoms with Crippen LogP contribution in [0.5, 0.6) is 0 Å². The molecule has 0 amide bonds. The van der Waals surface area contributed by atoms with Gasteiger partial charge in [-0.15, -0.1) is 0 Å². The number of hydrogen-bond acceptors (Lipinski definition) is 1. The minimum Gasteiger partial charge on any atom is -0.414 e. The molecule has 0 aromatic carbocycles. The van der Waals surface area contributed by atoms with Crippen LogP contribution in [0.15, 0.2) is 12.2 Å². The first-order valence-electron chi connectivity index (χ1n) is 8.59. The molecule has 4 rings (SSSR count). The monoisotopic (exact) mass is 292 g/mol. The van der Waals surface area contributed by atoms with E-state index in [0.717, 1.165) is 11.8 Å². The van der Waals surface area contributed by atoms with Crippen molar-refractivity contribution in [3.63, 3.8) is 0 Å². The van der Waals surface area contributed by atoms with Gasteiger partial charge in [-0.1, -0.05) is 32.9 Å². The maximum Gasteiger partial charge on any atom is 0.192 e. The Morgan fingerprint density at radius 3 is 2.65 bits per heavy atom. The lowest BCUT2D eigenvalue weighted by Gasteiger charge is -2.57. The first kappa shape index (κ1) is 14.8. The number of fused-ring (bicyclic) bond motifs is 2. The average molecular weight is 293 g/mol. The summed E-state index contributed by atoms with van der Waals surface area (Å²) in [4.78, 5) is 0. The van der Waals surface area contributed by atoms with E-state index in [2.05, 4.69) is 46.0 Å². The van der Waals surface area contributed by atoms with Crippen LogP contribution in [0.4, 0.5) is 0 Å². The molecule has 0 heterocycles. The largest absolute Gasteiger partial charge is 0.414 e. The second kappa shape index (κ2) is 4.71. The van der Waals surface area contributed by atoms with Crippen LogP contribution in [0.25, 0.3) is 0 Å². The van der Waals surface area contributed by atoms with Crippen LogP contribution in [-0.2, 0) is 4.43 Å². The van der Waals surface area contributed by atoms with E-state index in [1.54, 1.807) is 0 Å². The Morgan fingerprint density at radius 2 is 1.95 bits per heavy atom. The molecule has 1 nitrogen and oxygen atoms in total. The van der Waals surface area contributed by atoms with Gasteiger partial charge in [0.15, 0.2) is 8.32 Å². The van der Waals surface area contributed by atoms with Crippen molar-refractivity contribution >= 4 is 8.32 Å². The van der Waals surface area contributed by atoms with E-state index in [9.17, 15) is 0 Å². The maximum absolute atomic E-state index is 6.83. The van der Waals surface area contributed by atoms with Crippen molar-refractivity contribution in [1.82, 2.24) is 0 Å². The fourth-order valence-corrected chi connectivity index (χ4v) is 5.91. The molecule has 4 atom stereocenters. The zero-order chi connectivity index (χ0) is 14.6. The van der Waals surface area contributed by atoms with Gasteiger partial charge >= 0.3 is 0 Å². The highest BCUT2D eigenvalue weighted by Crippen LogP contribution is 2.59. The SMILES string of the molecule is CC(C)(C)[Si](C)(C)OC1C[C@@]23C=CCCC2C[C@@H]1CC3. The molecule has 0 aliphatic heterocycles. The van der Waals surface area contributed by atoms with Gasteiger partial charge < -0.3 is 4.43 Å². The van der Waals surface area contributed by atoms with Gasteiger partial charge in [0.1, 0.15) is 0 Å². The number of allylic oxidation sites excluding steroid dienone is 2. The van der Waals surface area contributed by atoms with Crippen LogP contribution < -0.4 is 0 Å². The normalized spacial score (nSPS) is 40.8. The molecule has 2 heteroatoms. The second-order valence-corrected chi connectivity index (χ2v) is 13.8. The zero-order valence-electron chi connectivity index (χ0n) is 14.0. The molecule has 1 spiro atoms. The van der Waals surface area contributed by atoms with Crippen LogP contribution in [0, 0.1) is 17.3 Å². The van der Waals surface area contributed by atoms with Crippen molar-refractivity contribution in [3.05, 3.63) is 12.2 Å².